The molecule has 0 aliphatic carbocycles. The Hall–Kier alpha value is -0.680. The molecular formula is C12H21N3OS. The zero-order valence-corrected chi connectivity index (χ0v) is 11.1. The quantitative estimate of drug-likeness (QED) is 0.724. The van der Waals surface area contributed by atoms with Crippen LogP contribution >= 0.6 is 12.2 Å². The molecule has 4 nitrogen and oxygen atoms in total. The van der Waals surface area contributed by atoms with Gasteiger partial charge < -0.3 is 11.1 Å². The van der Waals surface area contributed by atoms with Gasteiger partial charge in [0.1, 0.15) is 0 Å². The maximum Gasteiger partial charge on any atom is 0.230 e. The third-order valence-corrected chi connectivity index (χ3v) is 4.29. The number of fused-ring (bicyclic) bond motifs is 1. The summed E-state index contributed by atoms with van der Waals surface area (Å²) in [6.07, 6.45) is 4.20. The average molecular weight is 255 g/mol. The summed E-state index contributed by atoms with van der Waals surface area (Å²) in [7, 11) is 0. The highest BCUT2D eigenvalue weighted by atomic mass is 32.1. The van der Waals surface area contributed by atoms with Crippen molar-refractivity contribution in [2.75, 3.05) is 13.1 Å². The molecule has 1 amide bonds. The van der Waals surface area contributed by atoms with Crippen LogP contribution < -0.4 is 11.1 Å². The van der Waals surface area contributed by atoms with E-state index in [4.69, 9.17) is 18.0 Å². The lowest BCUT2D eigenvalue weighted by molar-refractivity contribution is -0.123. The molecule has 96 valence electrons. The third-order valence-electron chi connectivity index (χ3n) is 4.00. The topological polar surface area (TPSA) is 58.4 Å². The number of rotatable bonds is 4. The second kappa shape index (κ2) is 5.31. The number of amides is 1. The first kappa shape index (κ1) is 12.8. The van der Waals surface area contributed by atoms with E-state index < -0.39 is 0 Å². The van der Waals surface area contributed by atoms with Gasteiger partial charge >= 0.3 is 0 Å². The molecule has 0 radical (unpaired) electrons. The number of nitrogens with two attached hydrogens (primary N) is 1. The predicted octanol–water partition coefficient (Wildman–Crippen LogP) is 0.652. The summed E-state index contributed by atoms with van der Waals surface area (Å²) in [5, 5.41) is 3.13. The van der Waals surface area contributed by atoms with Gasteiger partial charge in [-0.3, -0.25) is 9.69 Å². The first-order valence-electron chi connectivity index (χ1n) is 6.47. The van der Waals surface area contributed by atoms with Crippen molar-refractivity contribution < 1.29 is 4.79 Å². The van der Waals surface area contributed by atoms with Crippen LogP contribution in [0.2, 0.25) is 0 Å². The minimum Gasteiger partial charge on any atom is -0.393 e. The van der Waals surface area contributed by atoms with Gasteiger partial charge in [0.2, 0.25) is 5.91 Å². The van der Waals surface area contributed by atoms with Crippen LogP contribution in [0.15, 0.2) is 0 Å². The molecule has 5 heteroatoms. The number of hydrogen-bond donors (Lipinski definition) is 2. The van der Waals surface area contributed by atoms with Crippen LogP contribution in [0.1, 0.15) is 32.6 Å². The summed E-state index contributed by atoms with van der Waals surface area (Å²) in [6, 6.07) is 0.844. The summed E-state index contributed by atoms with van der Waals surface area (Å²) in [6.45, 7) is 4.24. The number of hydrogen-bond acceptors (Lipinski definition) is 3. The molecule has 0 saturated carbocycles. The van der Waals surface area contributed by atoms with Crippen molar-refractivity contribution in [1.82, 2.24) is 10.2 Å². The van der Waals surface area contributed by atoms with Gasteiger partial charge in [-0.15, -0.1) is 0 Å². The van der Waals surface area contributed by atoms with E-state index in [1.807, 2.05) is 6.92 Å². The van der Waals surface area contributed by atoms with Crippen LogP contribution in [0, 0.1) is 5.92 Å². The van der Waals surface area contributed by atoms with E-state index in [0.29, 0.717) is 23.5 Å². The van der Waals surface area contributed by atoms with E-state index >= 15 is 0 Å². The molecule has 2 aliphatic heterocycles. The second-order valence-electron chi connectivity index (χ2n) is 5.01. The smallest absolute Gasteiger partial charge is 0.230 e. The van der Waals surface area contributed by atoms with Crippen LogP contribution in [0.25, 0.3) is 0 Å². The number of carbonyl (C=O) groups is 1. The first-order valence-corrected chi connectivity index (χ1v) is 6.88. The molecule has 2 heterocycles. The number of carbonyl (C=O) groups excluding carboxylic acids is 1. The molecule has 2 fully saturated rings. The molecular weight excluding hydrogens is 234 g/mol. The van der Waals surface area contributed by atoms with Gasteiger partial charge in [-0.2, -0.15) is 0 Å². The average Bonchev–Trinajstić information content (AvgIpc) is 2.83. The monoisotopic (exact) mass is 255 g/mol. The third kappa shape index (κ3) is 2.60. The van der Waals surface area contributed by atoms with Crippen LogP contribution in [-0.4, -0.2) is 41.0 Å². The van der Waals surface area contributed by atoms with E-state index in [-0.39, 0.29) is 11.8 Å². The molecule has 0 aromatic heterocycles. The number of thiocarbonyl (C=S) groups is 1. The van der Waals surface area contributed by atoms with E-state index in [9.17, 15) is 4.79 Å². The van der Waals surface area contributed by atoms with Crippen molar-refractivity contribution in [1.29, 1.82) is 0 Å². The van der Waals surface area contributed by atoms with Gasteiger partial charge in [0.15, 0.2) is 0 Å². The van der Waals surface area contributed by atoms with E-state index in [0.717, 1.165) is 13.0 Å². The Kier molecular flexibility index (Phi) is 3.99. The van der Waals surface area contributed by atoms with Gasteiger partial charge in [0, 0.05) is 18.6 Å². The van der Waals surface area contributed by atoms with Crippen LogP contribution in [0.3, 0.4) is 0 Å². The summed E-state index contributed by atoms with van der Waals surface area (Å²) < 4.78 is 0. The Labute approximate surface area is 108 Å². The standard InChI is InChI=1S/C12H21N3OS/c1-2-8(11(13)17)12(16)14-9-5-7-15-6-3-4-10(9)15/h8-10H,2-7H2,1H3,(H2,13,17)(H,14,16). The molecule has 2 saturated heterocycles. The van der Waals surface area contributed by atoms with Crippen molar-refractivity contribution in [3.05, 3.63) is 0 Å². The Bertz CT molecular complexity index is 321. The summed E-state index contributed by atoms with van der Waals surface area (Å²) >= 11 is 4.93. The molecule has 17 heavy (non-hydrogen) atoms. The van der Waals surface area contributed by atoms with Crippen molar-refractivity contribution in [3.63, 3.8) is 0 Å². The lowest BCUT2D eigenvalue weighted by Crippen LogP contribution is -2.47. The Morgan fingerprint density at radius 2 is 2.29 bits per heavy atom. The zero-order chi connectivity index (χ0) is 12.4. The minimum absolute atomic E-state index is 0.0127. The van der Waals surface area contributed by atoms with Gasteiger partial charge in [0.25, 0.3) is 0 Å². The fourth-order valence-electron chi connectivity index (χ4n) is 3.05. The number of nitrogens with zero attached hydrogens (tertiary/aromatic N) is 1. The van der Waals surface area contributed by atoms with Crippen molar-refractivity contribution in [2.45, 2.75) is 44.7 Å². The molecule has 2 aliphatic rings. The van der Waals surface area contributed by atoms with Gasteiger partial charge in [0.05, 0.1) is 10.9 Å². The van der Waals surface area contributed by atoms with Crippen LogP contribution in [0.5, 0.6) is 0 Å². The number of nitrogens with one attached hydrogen (secondary N) is 1. The normalized spacial score (nSPS) is 29.9. The van der Waals surface area contributed by atoms with Crippen molar-refractivity contribution in [2.24, 2.45) is 11.7 Å². The SMILES string of the molecule is CCC(C(=O)NC1CCN2CCCC12)C(N)=S. The van der Waals surface area contributed by atoms with Crippen molar-refractivity contribution >= 4 is 23.1 Å². The Morgan fingerprint density at radius 3 is 2.94 bits per heavy atom. The van der Waals surface area contributed by atoms with Crippen LogP contribution in [0.4, 0.5) is 0 Å². The fourth-order valence-corrected chi connectivity index (χ4v) is 3.32. The van der Waals surface area contributed by atoms with E-state index in [1.54, 1.807) is 0 Å². The Morgan fingerprint density at radius 1 is 1.53 bits per heavy atom. The lowest BCUT2D eigenvalue weighted by atomic mass is 10.0. The molecule has 0 spiro atoms. The highest BCUT2D eigenvalue weighted by Crippen LogP contribution is 2.28. The molecule has 0 bridgehead atoms. The van der Waals surface area contributed by atoms with Crippen molar-refractivity contribution in [3.8, 4) is 0 Å². The first-order chi connectivity index (χ1) is 8.13. The molecule has 3 atom stereocenters. The highest BCUT2D eigenvalue weighted by molar-refractivity contribution is 7.80. The minimum atomic E-state index is -0.305. The van der Waals surface area contributed by atoms with E-state index in [2.05, 4.69) is 10.2 Å². The Balaban J connectivity index is 1.92. The van der Waals surface area contributed by atoms with Gasteiger partial charge in [-0.25, -0.2) is 0 Å². The zero-order valence-electron chi connectivity index (χ0n) is 10.3. The molecule has 3 unspecified atom stereocenters. The molecule has 3 N–H and O–H groups in total. The maximum atomic E-state index is 12.1. The maximum absolute atomic E-state index is 12.1. The highest BCUT2D eigenvalue weighted by Gasteiger charge is 2.38. The second-order valence-corrected chi connectivity index (χ2v) is 5.48. The largest absolute Gasteiger partial charge is 0.393 e. The summed E-state index contributed by atoms with van der Waals surface area (Å²) in [5.74, 6) is -0.292. The van der Waals surface area contributed by atoms with Crippen LogP contribution in [-0.2, 0) is 4.79 Å². The lowest BCUT2D eigenvalue weighted by Gasteiger charge is -2.23. The molecule has 0 aromatic rings. The van der Waals surface area contributed by atoms with Gasteiger partial charge in [-0.05, 0) is 32.2 Å². The summed E-state index contributed by atoms with van der Waals surface area (Å²) in [4.78, 5) is 14.9. The predicted molar refractivity (Wildman–Crippen MR) is 71.7 cm³/mol. The molecule has 2 rings (SSSR count). The van der Waals surface area contributed by atoms with Gasteiger partial charge in [-0.1, -0.05) is 19.1 Å². The fraction of sp³-hybridized carbons (Fsp3) is 0.833. The molecule has 0 aromatic carbocycles. The summed E-state index contributed by atoms with van der Waals surface area (Å²) in [5.41, 5.74) is 5.59. The van der Waals surface area contributed by atoms with E-state index in [1.165, 1.54) is 19.4 Å².